The maximum atomic E-state index is 13.6. The van der Waals surface area contributed by atoms with E-state index in [1.807, 2.05) is 31.2 Å². The Labute approximate surface area is 194 Å². The third kappa shape index (κ3) is 7.18. The van der Waals surface area contributed by atoms with Crippen LogP contribution in [-0.2, 0) is 9.53 Å². The first-order chi connectivity index (χ1) is 16.0. The van der Waals surface area contributed by atoms with Gasteiger partial charge in [-0.05, 0) is 67.9 Å². The third-order valence-corrected chi connectivity index (χ3v) is 5.81. The number of hydrogen-bond acceptors (Lipinski definition) is 4. The number of benzene rings is 2. The van der Waals surface area contributed by atoms with E-state index in [2.05, 4.69) is 10.6 Å². The third-order valence-electron chi connectivity index (χ3n) is 5.81. The molecule has 2 bridgehead atoms. The van der Waals surface area contributed by atoms with Crippen LogP contribution in [0.15, 0.2) is 42.5 Å². The summed E-state index contributed by atoms with van der Waals surface area (Å²) in [6.07, 6.45) is -0.934. The summed E-state index contributed by atoms with van der Waals surface area (Å²) in [7, 11) is 0. The summed E-state index contributed by atoms with van der Waals surface area (Å²) in [5.74, 6) is -2.63. The highest BCUT2D eigenvalue weighted by Crippen LogP contribution is 2.32. The second kappa shape index (κ2) is 10.9. The summed E-state index contributed by atoms with van der Waals surface area (Å²) in [6, 6.07) is 13.2. The van der Waals surface area contributed by atoms with Crippen molar-refractivity contribution in [1.29, 1.82) is 0 Å². The molecule has 0 saturated carbocycles. The number of alkyl halides is 3. The zero-order valence-electron chi connectivity index (χ0n) is 18.5. The van der Waals surface area contributed by atoms with Crippen molar-refractivity contribution in [2.24, 2.45) is 5.92 Å². The normalized spacial score (nSPS) is 21.3. The van der Waals surface area contributed by atoms with E-state index in [4.69, 9.17) is 14.6 Å². The van der Waals surface area contributed by atoms with Crippen molar-refractivity contribution in [1.82, 2.24) is 5.32 Å². The van der Waals surface area contributed by atoms with Gasteiger partial charge in [0.15, 0.2) is 0 Å². The number of hydrogen-bond donors (Lipinski definition) is 3. The number of carboxylic acids is 1. The lowest BCUT2D eigenvalue weighted by atomic mass is 9.93. The van der Waals surface area contributed by atoms with Gasteiger partial charge in [0.25, 0.3) is 0 Å². The van der Waals surface area contributed by atoms with Gasteiger partial charge in [-0.15, -0.1) is 0 Å². The number of rotatable bonds is 4. The largest absolute Gasteiger partial charge is 0.490 e. The Bertz CT molecular complexity index is 1020. The lowest BCUT2D eigenvalue weighted by molar-refractivity contribution is -0.192. The number of halogens is 4. The van der Waals surface area contributed by atoms with Crippen LogP contribution in [0.3, 0.4) is 0 Å². The fourth-order valence-electron chi connectivity index (χ4n) is 4.32. The lowest BCUT2D eigenvalue weighted by Crippen LogP contribution is -2.39. The molecule has 0 aliphatic carbocycles. The summed E-state index contributed by atoms with van der Waals surface area (Å²) >= 11 is 0. The van der Waals surface area contributed by atoms with Crippen LogP contribution >= 0.6 is 0 Å². The van der Waals surface area contributed by atoms with Crippen molar-refractivity contribution in [2.75, 3.05) is 11.9 Å². The number of fused-ring (bicyclic) bond motifs is 2. The van der Waals surface area contributed by atoms with Crippen LogP contribution < -0.4 is 10.6 Å². The van der Waals surface area contributed by atoms with E-state index in [0.29, 0.717) is 30.3 Å². The van der Waals surface area contributed by atoms with Gasteiger partial charge in [0.05, 0.1) is 12.3 Å². The molecule has 10 heteroatoms. The molecule has 3 N–H and O–H groups in total. The van der Waals surface area contributed by atoms with E-state index in [0.717, 1.165) is 29.5 Å². The van der Waals surface area contributed by atoms with Crippen LogP contribution in [0.4, 0.5) is 28.0 Å². The molecule has 0 aromatic heterocycles. The Morgan fingerprint density at radius 2 is 1.76 bits per heavy atom. The first kappa shape index (κ1) is 25.5. The fourth-order valence-corrected chi connectivity index (χ4v) is 4.32. The van der Waals surface area contributed by atoms with Crippen molar-refractivity contribution in [2.45, 2.75) is 50.9 Å². The monoisotopic (exact) mass is 482 g/mol. The Morgan fingerprint density at radius 3 is 2.35 bits per heavy atom. The van der Waals surface area contributed by atoms with E-state index in [9.17, 15) is 22.4 Å². The Kier molecular flexibility index (Phi) is 8.14. The van der Waals surface area contributed by atoms with Crippen molar-refractivity contribution in [3.8, 4) is 11.1 Å². The molecule has 34 heavy (non-hydrogen) atoms. The minimum Gasteiger partial charge on any atom is -0.475 e. The zero-order chi connectivity index (χ0) is 24.9. The summed E-state index contributed by atoms with van der Waals surface area (Å²) in [6.45, 7) is 2.40. The first-order valence-electron chi connectivity index (χ1n) is 10.9. The number of aryl methyl sites for hydroxylation is 1. The first-order valence-corrected chi connectivity index (χ1v) is 10.9. The van der Waals surface area contributed by atoms with Gasteiger partial charge in [-0.25, -0.2) is 14.0 Å². The molecule has 184 valence electrons. The van der Waals surface area contributed by atoms with Crippen LogP contribution in [-0.4, -0.2) is 42.0 Å². The molecule has 4 rings (SSSR count). The number of carbonyl (C=O) groups excluding carboxylic acids is 1. The molecular weight excluding hydrogens is 456 g/mol. The van der Waals surface area contributed by atoms with E-state index in [1.54, 1.807) is 6.07 Å². The molecule has 2 aromatic rings. The molecule has 2 aromatic carbocycles. The SMILES string of the molecule is Cc1ccc(-c2cccc(F)c2)c(NC(=O)OCC2CC3CCC(C2)N3)c1.O=C(O)C(F)(F)F. The molecule has 2 fully saturated rings. The van der Waals surface area contributed by atoms with Crippen molar-refractivity contribution in [3.05, 3.63) is 53.8 Å². The molecule has 2 heterocycles. The highest BCUT2D eigenvalue weighted by Gasteiger charge is 2.38. The average Bonchev–Trinajstić information content (AvgIpc) is 3.10. The predicted octanol–water partition coefficient (Wildman–Crippen LogP) is 5.51. The van der Waals surface area contributed by atoms with E-state index in [-0.39, 0.29) is 5.82 Å². The van der Waals surface area contributed by atoms with E-state index in [1.165, 1.54) is 25.0 Å². The van der Waals surface area contributed by atoms with Gasteiger partial charge < -0.3 is 15.2 Å². The maximum absolute atomic E-state index is 13.6. The molecular formula is C24H26F4N2O4. The number of nitrogens with one attached hydrogen (secondary N) is 2. The second-order valence-electron chi connectivity index (χ2n) is 8.56. The molecule has 0 spiro atoms. The summed E-state index contributed by atoms with van der Waals surface area (Å²) in [5, 5.41) is 13.6. The number of anilines is 1. The van der Waals surface area contributed by atoms with Crippen molar-refractivity contribution < 1.29 is 37.0 Å². The van der Waals surface area contributed by atoms with Gasteiger partial charge in [-0.2, -0.15) is 13.2 Å². The number of ether oxygens (including phenoxy) is 1. The fraction of sp³-hybridized carbons (Fsp3) is 0.417. The number of amides is 1. The van der Waals surface area contributed by atoms with Crippen molar-refractivity contribution >= 4 is 17.7 Å². The van der Waals surface area contributed by atoms with Gasteiger partial charge in [0.1, 0.15) is 5.82 Å². The Hall–Kier alpha value is -3.14. The molecule has 2 saturated heterocycles. The number of aliphatic carboxylic acids is 1. The van der Waals surface area contributed by atoms with E-state index >= 15 is 0 Å². The quantitative estimate of drug-likeness (QED) is 0.500. The highest BCUT2D eigenvalue weighted by molar-refractivity contribution is 5.91. The molecule has 1 amide bonds. The van der Waals surface area contributed by atoms with Crippen LogP contribution in [0.1, 0.15) is 31.2 Å². The maximum Gasteiger partial charge on any atom is 0.490 e. The Morgan fingerprint density at radius 1 is 1.12 bits per heavy atom. The van der Waals surface area contributed by atoms with Crippen LogP contribution in [0.25, 0.3) is 11.1 Å². The zero-order valence-corrected chi connectivity index (χ0v) is 18.5. The molecule has 6 nitrogen and oxygen atoms in total. The van der Waals surface area contributed by atoms with Crippen LogP contribution in [0.2, 0.25) is 0 Å². The van der Waals surface area contributed by atoms with Gasteiger partial charge in [-0.1, -0.05) is 24.3 Å². The molecule has 2 aliphatic rings. The van der Waals surface area contributed by atoms with Gasteiger partial charge >= 0.3 is 18.2 Å². The minimum absolute atomic E-state index is 0.304. The second-order valence-corrected chi connectivity index (χ2v) is 8.56. The molecule has 2 unspecified atom stereocenters. The van der Waals surface area contributed by atoms with Crippen LogP contribution in [0, 0.1) is 18.7 Å². The highest BCUT2D eigenvalue weighted by atomic mass is 19.4. The van der Waals surface area contributed by atoms with Gasteiger partial charge in [0.2, 0.25) is 0 Å². The smallest absolute Gasteiger partial charge is 0.475 e. The molecule has 0 radical (unpaired) electrons. The summed E-state index contributed by atoms with van der Waals surface area (Å²) in [5.41, 5.74) is 3.15. The minimum atomic E-state index is -5.08. The predicted molar refractivity (Wildman–Crippen MR) is 118 cm³/mol. The average molecular weight is 482 g/mol. The summed E-state index contributed by atoms with van der Waals surface area (Å²) < 4.78 is 50.9. The standard InChI is InChI=1S/C22H25FN2O2.C2HF3O2/c1-14-5-8-20(16-3-2-4-17(23)12-16)21(9-14)25-22(26)27-13-15-10-18-6-7-19(11-15)24-18;3-2(4,5)1(6)7/h2-5,8-9,12,15,18-19,24H,6-7,10-11,13H2,1H3,(H,25,26);(H,6,7). The number of piperidine rings is 1. The molecule has 2 atom stereocenters. The lowest BCUT2D eigenvalue weighted by Gasteiger charge is -2.28. The number of carboxylic acid groups (broad SMARTS) is 1. The van der Waals surface area contributed by atoms with Crippen LogP contribution in [0.5, 0.6) is 0 Å². The van der Waals surface area contributed by atoms with Gasteiger partial charge in [0, 0.05) is 17.6 Å². The number of carbonyl (C=O) groups is 2. The Balaban J connectivity index is 0.000000406. The van der Waals surface area contributed by atoms with E-state index < -0.39 is 18.2 Å². The molecule has 2 aliphatic heterocycles. The van der Waals surface area contributed by atoms with Gasteiger partial charge in [-0.3, -0.25) is 5.32 Å². The summed E-state index contributed by atoms with van der Waals surface area (Å²) in [4.78, 5) is 21.3. The van der Waals surface area contributed by atoms with Crippen molar-refractivity contribution in [3.63, 3.8) is 0 Å². The topological polar surface area (TPSA) is 87.7 Å².